The Labute approximate surface area is 115 Å². The maximum Gasteiger partial charge on any atom is 0.325 e. The quantitative estimate of drug-likeness (QED) is 0.535. The molecular weight excluding hydrogens is 258 g/mol. The van der Waals surface area contributed by atoms with Crippen LogP contribution in [0.1, 0.15) is 0 Å². The van der Waals surface area contributed by atoms with E-state index in [1.54, 1.807) is 6.20 Å². The van der Waals surface area contributed by atoms with Crippen LogP contribution < -0.4 is 5.32 Å². The second-order valence-corrected chi connectivity index (χ2v) is 4.13. The lowest BCUT2D eigenvalue weighted by Gasteiger charge is -2.06. The first-order valence-corrected chi connectivity index (χ1v) is 5.89. The number of amides is 3. The van der Waals surface area contributed by atoms with Gasteiger partial charge in [-0.05, 0) is 12.1 Å². The third kappa shape index (κ3) is 2.90. The van der Waals surface area contributed by atoms with Gasteiger partial charge in [0, 0.05) is 17.1 Å². The second kappa shape index (κ2) is 5.80. The molecule has 1 aliphatic heterocycles. The first-order valence-electron chi connectivity index (χ1n) is 5.89. The number of terminal acetylenes is 1. The molecule has 6 nitrogen and oxygen atoms in total. The molecule has 3 N–H and O–H groups in total. The molecule has 102 valence electrons. The Bertz CT molecular complexity index is 684. The van der Waals surface area contributed by atoms with Gasteiger partial charge in [-0.2, -0.15) is 0 Å². The van der Waals surface area contributed by atoms with E-state index in [-0.39, 0.29) is 19.0 Å². The van der Waals surface area contributed by atoms with Crippen LogP contribution in [-0.4, -0.2) is 40.0 Å². The van der Waals surface area contributed by atoms with Crippen LogP contribution >= 0.6 is 0 Å². The van der Waals surface area contributed by atoms with Crippen molar-refractivity contribution in [2.75, 3.05) is 13.1 Å². The molecule has 0 radical (unpaired) electrons. The molecule has 0 aliphatic carbocycles. The molecule has 3 rings (SSSR count). The summed E-state index contributed by atoms with van der Waals surface area (Å²) in [6.45, 7) is 0.278. The fraction of sp³-hybridized carbons (Fsp3) is 0.143. The summed E-state index contributed by atoms with van der Waals surface area (Å²) < 4.78 is 0. The van der Waals surface area contributed by atoms with Crippen molar-refractivity contribution in [2.45, 2.75) is 0 Å². The zero-order valence-corrected chi connectivity index (χ0v) is 10.6. The molecule has 1 aromatic heterocycles. The van der Waals surface area contributed by atoms with Gasteiger partial charge in [-0.1, -0.05) is 18.1 Å². The molecule has 2 heterocycles. The topological polar surface area (TPSA) is 85.4 Å². The fourth-order valence-corrected chi connectivity index (χ4v) is 1.78. The molecule has 1 saturated heterocycles. The van der Waals surface area contributed by atoms with E-state index in [0.29, 0.717) is 5.75 Å². The summed E-state index contributed by atoms with van der Waals surface area (Å²) in [4.78, 5) is 25.4. The minimum Gasteiger partial charge on any atom is -0.506 e. The largest absolute Gasteiger partial charge is 0.506 e. The van der Waals surface area contributed by atoms with Crippen LogP contribution in [0.2, 0.25) is 0 Å². The summed E-state index contributed by atoms with van der Waals surface area (Å²) in [7, 11) is 0. The first kappa shape index (κ1) is 13.5. The van der Waals surface area contributed by atoms with Crippen molar-refractivity contribution >= 4 is 22.8 Å². The molecular formula is C14H13N3O3. The number of carbonyl (C=O) groups is 2. The number of aromatic nitrogens is 1. The molecule has 1 fully saturated rings. The molecule has 1 aromatic carbocycles. The van der Waals surface area contributed by atoms with Gasteiger partial charge in [0.05, 0.1) is 6.54 Å². The van der Waals surface area contributed by atoms with Gasteiger partial charge in [-0.3, -0.25) is 10.1 Å². The zero-order valence-electron chi connectivity index (χ0n) is 10.6. The fourth-order valence-electron chi connectivity index (χ4n) is 1.78. The van der Waals surface area contributed by atoms with Gasteiger partial charge < -0.3 is 15.0 Å². The zero-order chi connectivity index (χ0) is 14.5. The number of H-pyrrole nitrogens is 1. The highest BCUT2D eigenvalue weighted by molar-refractivity contribution is 6.01. The van der Waals surface area contributed by atoms with Crippen molar-refractivity contribution in [2.24, 2.45) is 0 Å². The second-order valence-electron chi connectivity index (χ2n) is 4.13. The van der Waals surface area contributed by atoms with Crippen LogP contribution in [0.3, 0.4) is 0 Å². The van der Waals surface area contributed by atoms with Gasteiger partial charge in [-0.15, -0.1) is 6.42 Å². The number of nitrogens with one attached hydrogen (secondary N) is 2. The smallest absolute Gasteiger partial charge is 0.325 e. The Balaban J connectivity index is 0.000000147. The number of urea groups is 1. The van der Waals surface area contributed by atoms with Crippen molar-refractivity contribution in [1.29, 1.82) is 0 Å². The normalized spacial score (nSPS) is 13.7. The summed E-state index contributed by atoms with van der Waals surface area (Å²) in [5, 5.41) is 12.2. The van der Waals surface area contributed by atoms with E-state index in [0.717, 1.165) is 10.9 Å². The molecule has 0 atom stereocenters. The molecule has 0 bridgehead atoms. The number of rotatable bonds is 1. The minimum atomic E-state index is -0.400. The Hall–Kier alpha value is -2.94. The third-order valence-electron chi connectivity index (χ3n) is 2.72. The number of aromatic hydroxyl groups is 1. The average molecular weight is 271 g/mol. The Morgan fingerprint density at radius 2 is 2.10 bits per heavy atom. The summed E-state index contributed by atoms with van der Waals surface area (Å²) in [6.07, 6.45) is 6.52. The average Bonchev–Trinajstić information content (AvgIpc) is 2.95. The van der Waals surface area contributed by atoms with Gasteiger partial charge in [-0.25, -0.2) is 4.79 Å². The Morgan fingerprint density at radius 1 is 1.35 bits per heavy atom. The predicted molar refractivity (Wildman–Crippen MR) is 73.9 cm³/mol. The van der Waals surface area contributed by atoms with E-state index >= 15 is 0 Å². The maximum absolute atomic E-state index is 10.7. The summed E-state index contributed by atoms with van der Waals surface area (Å²) >= 11 is 0. The third-order valence-corrected chi connectivity index (χ3v) is 2.72. The number of carbonyl (C=O) groups excluding carboxylic acids is 2. The Kier molecular flexibility index (Phi) is 3.91. The van der Waals surface area contributed by atoms with Crippen molar-refractivity contribution in [3.05, 3.63) is 30.5 Å². The van der Waals surface area contributed by atoms with Crippen LogP contribution in [-0.2, 0) is 4.79 Å². The first-order chi connectivity index (χ1) is 9.61. The monoisotopic (exact) mass is 271 g/mol. The lowest BCUT2D eigenvalue weighted by Crippen LogP contribution is -2.28. The number of fused-ring (bicyclic) bond motifs is 1. The lowest BCUT2D eigenvalue weighted by atomic mass is 10.2. The highest BCUT2D eigenvalue weighted by Gasteiger charge is 2.25. The van der Waals surface area contributed by atoms with Gasteiger partial charge in [0.2, 0.25) is 5.91 Å². The SMILES string of the molecule is C#CCN1CC(=O)NC1=O.Oc1c[nH]c2ccccc12. The van der Waals surface area contributed by atoms with Crippen molar-refractivity contribution in [3.8, 4) is 18.1 Å². The molecule has 0 unspecified atom stereocenters. The molecule has 20 heavy (non-hydrogen) atoms. The van der Waals surface area contributed by atoms with Gasteiger partial charge in [0.1, 0.15) is 12.3 Å². The lowest BCUT2D eigenvalue weighted by molar-refractivity contribution is -0.118. The number of para-hydroxylation sites is 1. The molecule has 2 aromatic rings. The van der Waals surface area contributed by atoms with Crippen LogP contribution in [0.4, 0.5) is 4.79 Å². The van der Waals surface area contributed by atoms with Crippen molar-refractivity contribution < 1.29 is 14.7 Å². The van der Waals surface area contributed by atoms with E-state index in [1.807, 2.05) is 24.3 Å². The highest BCUT2D eigenvalue weighted by Crippen LogP contribution is 2.22. The molecule has 0 saturated carbocycles. The van der Waals surface area contributed by atoms with Gasteiger partial charge in [0.15, 0.2) is 0 Å². The van der Waals surface area contributed by atoms with Crippen LogP contribution in [0.5, 0.6) is 5.75 Å². The number of benzene rings is 1. The number of hydrogen-bond acceptors (Lipinski definition) is 3. The van der Waals surface area contributed by atoms with E-state index < -0.39 is 6.03 Å². The van der Waals surface area contributed by atoms with Gasteiger partial charge >= 0.3 is 6.03 Å². The standard InChI is InChI=1S/C8H7NO.C6H6N2O2/c10-8-5-9-7-4-2-1-3-6(7)8;1-2-3-8-4-5(9)7-6(8)10/h1-5,9-10H;1H,3-4H2,(H,7,9,10). The van der Waals surface area contributed by atoms with E-state index in [1.165, 1.54) is 4.90 Å². The summed E-state index contributed by atoms with van der Waals surface area (Å²) in [5.41, 5.74) is 0.972. The van der Waals surface area contributed by atoms with E-state index in [2.05, 4.69) is 16.2 Å². The van der Waals surface area contributed by atoms with Crippen LogP contribution in [0, 0.1) is 12.3 Å². The van der Waals surface area contributed by atoms with E-state index in [9.17, 15) is 14.7 Å². The van der Waals surface area contributed by atoms with Crippen molar-refractivity contribution in [1.82, 2.24) is 15.2 Å². The minimum absolute atomic E-state index is 0.0863. The predicted octanol–water partition coefficient (Wildman–Crippen LogP) is 1.04. The number of hydrogen-bond donors (Lipinski definition) is 3. The number of nitrogens with zero attached hydrogens (tertiary/aromatic N) is 1. The van der Waals surface area contributed by atoms with Crippen molar-refractivity contribution in [3.63, 3.8) is 0 Å². The number of imide groups is 1. The molecule has 1 aliphatic rings. The van der Waals surface area contributed by atoms with Crippen LogP contribution in [0.25, 0.3) is 10.9 Å². The maximum atomic E-state index is 10.7. The van der Waals surface area contributed by atoms with Crippen LogP contribution in [0.15, 0.2) is 30.5 Å². The summed E-state index contributed by atoms with van der Waals surface area (Å²) in [6, 6.07) is 7.23. The molecule has 3 amide bonds. The Morgan fingerprint density at radius 3 is 2.70 bits per heavy atom. The molecule has 6 heteroatoms. The highest BCUT2D eigenvalue weighted by atomic mass is 16.3. The van der Waals surface area contributed by atoms with E-state index in [4.69, 9.17) is 6.42 Å². The molecule has 0 spiro atoms. The number of aromatic amines is 1. The summed E-state index contributed by atoms with van der Waals surface area (Å²) in [5.74, 6) is 2.30. The van der Waals surface area contributed by atoms with Gasteiger partial charge in [0.25, 0.3) is 0 Å².